The van der Waals surface area contributed by atoms with Crippen LogP contribution < -0.4 is 5.32 Å². The SMILES string of the molecule is CC(=O)NCC(=O)N(C)C1CCCCC1=O. The maximum Gasteiger partial charge on any atom is 0.242 e. The van der Waals surface area contributed by atoms with Crippen molar-refractivity contribution in [2.75, 3.05) is 13.6 Å². The Hall–Kier alpha value is -1.39. The number of carbonyl (C=O) groups is 3. The summed E-state index contributed by atoms with van der Waals surface area (Å²) in [6.07, 6.45) is 3.20. The molecule has 0 aromatic rings. The lowest BCUT2D eigenvalue weighted by molar-refractivity contribution is -0.139. The van der Waals surface area contributed by atoms with E-state index in [9.17, 15) is 14.4 Å². The highest BCUT2D eigenvalue weighted by molar-refractivity contribution is 5.91. The molecule has 0 aliphatic heterocycles. The fourth-order valence-corrected chi connectivity index (χ4v) is 1.87. The van der Waals surface area contributed by atoms with Crippen molar-refractivity contribution in [3.05, 3.63) is 0 Å². The van der Waals surface area contributed by atoms with Gasteiger partial charge in [-0.1, -0.05) is 6.42 Å². The van der Waals surface area contributed by atoms with Crippen molar-refractivity contribution in [3.63, 3.8) is 0 Å². The van der Waals surface area contributed by atoms with Crippen molar-refractivity contribution in [2.24, 2.45) is 0 Å². The fraction of sp³-hybridized carbons (Fsp3) is 0.727. The van der Waals surface area contributed by atoms with E-state index in [1.807, 2.05) is 0 Å². The molecular weight excluding hydrogens is 208 g/mol. The molecule has 1 aliphatic rings. The van der Waals surface area contributed by atoms with Crippen molar-refractivity contribution < 1.29 is 14.4 Å². The Morgan fingerprint density at radius 1 is 1.44 bits per heavy atom. The van der Waals surface area contributed by atoms with Gasteiger partial charge in [-0.3, -0.25) is 14.4 Å². The molecule has 0 radical (unpaired) electrons. The minimum Gasteiger partial charge on any atom is -0.347 e. The van der Waals surface area contributed by atoms with Crippen molar-refractivity contribution >= 4 is 17.6 Å². The number of likely N-dealkylation sites (N-methyl/N-ethyl adjacent to an activating group) is 1. The lowest BCUT2D eigenvalue weighted by atomic mass is 9.93. The number of nitrogens with zero attached hydrogens (tertiary/aromatic N) is 1. The molecule has 5 heteroatoms. The van der Waals surface area contributed by atoms with E-state index in [0.717, 1.165) is 19.3 Å². The van der Waals surface area contributed by atoms with Crippen LogP contribution in [0.5, 0.6) is 0 Å². The van der Waals surface area contributed by atoms with E-state index in [2.05, 4.69) is 5.32 Å². The van der Waals surface area contributed by atoms with Crippen molar-refractivity contribution in [2.45, 2.75) is 38.6 Å². The van der Waals surface area contributed by atoms with Gasteiger partial charge in [0.15, 0.2) is 5.78 Å². The van der Waals surface area contributed by atoms with Gasteiger partial charge in [-0.15, -0.1) is 0 Å². The van der Waals surface area contributed by atoms with Crippen LogP contribution in [0.4, 0.5) is 0 Å². The summed E-state index contributed by atoms with van der Waals surface area (Å²) in [5, 5.41) is 2.44. The van der Waals surface area contributed by atoms with Crippen LogP contribution in [0.3, 0.4) is 0 Å². The Balaban J connectivity index is 2.48. The quantitative estimate of drug-likeness (QED) is 0.741. The molecule has 5 nitrogen and oxygen atoms in total. The minimum absolute atomic E-state index is 0.0321. The predicted octanol–water partition coefficient (Wildman–Crippen LogP) is 0.0926. The van der Waals surface area contributed by atoms with Gasteiger partial charge in [-0.2, -0.15) is 0 Å². The summed E-state index contributed by atoms with van der Waals surface area (Å²) in [6, 6.07) is -0.296. The van der Waals surface area contributed by atoms with Gasteiger partial charge in [-0.05, 0) is 12.8 Å². The summed E-state index contributed by atoms with van der Waals surface area (Å²) in [5.41, 5.74) is 0. The van der Waals surface area contributed by atoms with Crippen LogP contribution in [0.1, 0.15) is 32.6 Å². The summed E-state index contributed by atoms with van der Waals surface area (Å²) < 4.78 is 0. The predicted molar refractivity (Wildman–Crippen MR) is 58.7 cm³/mol. The first-order chi connectivity index (χ1) is 7.52. The molecule has 0 saturated heterocycles. The van der Waals surface area contributed by atoms with E-state index in [1.165, 1.54) is 11.8 Å². The monoisotopic (exact) mass is 226 g/mol. The Morgan fingerprint density at radius 3 is 2.69 bits per heavy atom. The molecule has 1 unspecified atom stereocenters. The van der Waals surface area contributed by atoms with Gasteiger partial charge in [0.1, 0.15) is 0 Å². The highest BCUT2D eigenvalue weighted by Crippen LogP contribution is 2.18. The van der Waals surface area contributed by atoms with Gasteiger partial charge in [0.25, 0.3) is 0 Å². The van der Waals surface area contributed by atoms with Gasteiger partial charge in [0, 0.05) is 20.4 Å². The average Bonchev–Trinajstić information content (AvgIpc) is 2.25. The number of nitrogens with one attached hydrogen (secondary N) is 1. The lowest BCUT2D eigenvalue weighted by Crippen LogP contribution is -2.47. The number of Topliss-reactive ketones (excluding diaryl/α,β-unsaturated/α-hetero) is 1. The third kappa shape index (κ3) is 3.32. The third-order valence-corrected chi connectivity index (χ3v) is 2.87. The molecule has 1 aliphatic carbocycles. The summed E-state index contributed by atoms with van der Waals surface area (Å²) >= 11 is 0. The second kappa shape index (κ2) is 5.63. The average molecular weight is 226 g/mol. The smallest absolute Gasteiger partial charge is 0.242 e. The molecule has 0 spiro atoms. The molecule has 0 aromatic heterocycles. The molecule has 1 fully saturated rings. The highest BCUT2D eigenvalue weighted by Gasteiger charge is 2.28. The number of carbonyl (C=O) groups excluding carboxylic acids is 3. The highest BCUT2D eigenvalue weighted by atomic mass is 16.2. The van der Waals surface area contributed by atoms with Crippen LogP contribution in [0.2, 0.25) is 0 Å². The largest absolute Gasteiger partial charge is 0.347 e. The number of hydrogen-bond donors (Lipinski definition) is 1. The van der Waals surface area contributed by atoms with Crippen LogP contribution in [0, 0.1) is 0 Å². The van der Waals surface area contributed by atoms with Crippen LogP contribution in [0.15, 0.2) is 0 Å². The number of amides is 2. The van der Waals surface area contributed by atoms with E-state index in [0.29, 0.717) is 6.42 Å². The zero-order chi connectivity index (χ0) is 12.1. The molecule has 0 heterocycles. The normalized spacial score (nSPS) is 20.4. The Bertz CT molecular complexity index is 302. The fourth-order valence-electron chi connectivity index (χ4n) is 1.87. The zero-order valence-electron chi connectivity index (χ0n) is 9.78. The molecule has 16 heavy (non-hydrogen) atoms. The molecule has 1 N–H and O–H groups in total. The van der Waals surface area contributed by atoms with Crippen molar-refractivity contribution in [3.8, 4) is 0 Å². The van der Waals surface area contributed by atoms with Crippen molar-refractivity contribution in [1.29, 1.82) is 0 Å². The molecule has 2 amide bonds. The van der Waals surface area contributed by atoms with E-state index >= 15 is 0 Å². The Kier molecular flexibility index (Phi) is 4.46. The topological polar surface area (TPSA) is 66.5 Å². The molecule has 90 valence electrons. The van der Waals surface area contributed by atoms with Gasteiger partial charge in [0.05, 0.1) is 12.6 Å². The summed E-state index contributed by atoms with van der Waals surface area (Å²) in [4.78, 5) is 35.4. The number of ketones is 1. The summed E-state index contributed by atoms with van der Waals surface area (Å²) in [6.45, 7) is 1.33. The Labute approximate surface area is 95.2 Å². The van der Waals surface area contributed by atoms with Gasteiger partial charge < -0.3 is 10.2 Å². The second-order valence-electron chi connectivity index (χ2n) is 4.14. The maximum absolute atomic E-state index is 11.7. The molecule has 0 bridgehead atoms. The van der Waals surface area contributed by atoms with Crippen molar-refractivity contribution in [1.82, 2.24) is 10.2 Å². The van der Waals surface area contributed by atoms with Crippen LogP contribution in [0.25, 0.3) is 0 Å². The molecule has 0 aromatic carbocycles. The number of rotatable bonds is 3. The third-order valence-electron chi connectivity index (χ3n) is 2.87. The van der Waals surface area contributed by atoms with Crippen LogP contribution in [-0.2, 0) is 14.4 Å². The summed E-state index contributed by atoms with van der Waals surface area (Å²) in [5.74, 6) is -0.322. The van der Waals surface area contributed by atoms with Gasteiger partial charge in [0.2, 0.25) is 11.8 Å². The second-order valence-corrected chi connectivity index (χ2v) is 4.14. The summed E-state index contributed by atoms with van der Waals surface area (Å²) in [7, 11) is 1.62. The minimum atomic E-state index is -0.296. The van der Waals surface area contributed by atoms with Gasteiger partial charge in [-0.25, -0.2) is 0 Å². The maximum atomic E-state index is 11.7. The number of hydrogen-bond acceptors (Lipinski definition) is 3. The van der Waals surface area contributed by atoms with E-state index < -0.39 is 0 Å². The zero-order valence-corrected chi connectivity index (χ0v) is 9.78. The molecular formula is C11H18N2O3. The van der Waals surface area contributed by atoms with Crippen LogP contribution >= 0.6 is 0 Å². The molecule has 1 rings (SSSR count). The lowest BCUT2D eigenvalue weighted by Gasteiger charge is -2.29. The van der Waals surface area contributed by atoms with Crippen LogP contribution in [-0.4, -0.2) is 42.1 Å². The molecule has 1 atom stereocenters. The van der Waals surface area contributed by atoms with E-state index in [1.54, 1.807) is 7.05 Å². The first-order valence-electron chi connectivity index (χ1n) is 5.55. The first-order valence-corrected chi connectivity index (χ1v) is 5.55. The Morgan fingerprint density at radius 2 is 2.12 bits per heavy atom. The first kappa shape index (κ1) is 12.7. The van der Waals surface area contributed by atoms with Gasteiger partial charge >= 0.3 is 0 Å². The molecule has 1 saturated carbocycles. The standard InChI is InChI=1S/C11H18N2O3/c1-8(14)12-7-11(16)13(2)9-5-3-4-6-10(9)15/h9H,3-7H2,1-2H3,(H,12,14). The van der Waals surface area contributed by atoms with E-state index in [4.69, 9.17) is 0 Å². The van der Waals surface area contributed by atoms with E-state index in [-0.39, 0.29) is 30.2 Å².